The summed E-state index contributed by atoms with van der Waals surface area (Å²) in [6.07, 6.45) is 3.78. The van der Waals surface area contributed by atoms with Crippen LogP contribution in [0, 0.1) is 5.41 Å². The maximum atomic E-state index is 12.2. The summed E-state index contributed by atoms with van der Waals surface area (Å²) in [5.74, 6) is 0.277. The number of amides is 1. The normalized spacial score (nSPS) is 14.1. The molecule has 1 aliphatic rings. The molecular weight excluding hydrogens is 440 g/mol. The third kappa shape index (κ3) is 5.32. The van der Waals surface area contributed by atoms with Gasteiger partial charge < -0.3 is 31.6 Å². The first kappa shape index (κ1) is 23.2. The second kappa shape index (κ2) is 10.3. The molecule has 178 valence electrons. The number of carbonyl (C=O) groups excluding carboxylic acids is 1. The number of tetrazole rings is 1. The van der Waals surface area contributed by atoms with Crippen molar-refractivity contribution in [1.82, 2.24) is 30.2 Å². The van der Waals surface area contributed by atoms with Crippen molar-refractivity contribution >= 4 is 29.6 Å². The van der Waals surface area contributed by atoms with Crippen molar-refractivity contribution in [3.63, 3.8) is 0 Å². The van der Waals surface area contributed by atoms with Crippen LogP contribution < -0.4 is 16.0 Å². The molecule has 1 fully saturated rings. The first-order chi connectivity index (χ1) is 16.4. The summed E-state index contributed by atoms with van der Waals surface area (Å²) in [7, 11) is 0. The molecule has 13 heteroatoms. The standard InChI is InChI=1S/C21H26N10O3/c22-11-15-17(18(23)34)20(26-21(25-15)30-9-3-1-2-4-10-30)24-14-7-5-13(6-8-14)19-27-29-31(28-19)12-16(32)33/h5-8,11,16,22,32-33H,1-4,9-10,12H2,(H2,23,34)(H,24,25,26). The number of aromatic nitrogens is 6. The van der Waals surface area contributed by atoms with Gasteiger partial charge in [-0.3, -0.25) is 4.79 Å². The van der Waals surface area contributed by atoms with Crippen molar-refractivity contribution < 1.29 is 15.0 Å². The number of anilines is 3. The third-order valence-corrected chi connectivity index (χ3v) is 5.38. The van der Waals surface area contributed by atoms with Gasteiger partial charge in [-0.1, -0.05) is 12.8 Å². The van der Waals surface area contributed by atoms with Crippen LogP contribution in [0.4, 0.5) is 17.5 Å². The average molecular weight is 467 g/mol. The van der Waals surface area contributed by atoms with Crippen molar-refractivity contribution in [3.05, 3.63) is 35.5 Å². The molecule has 1 aromatic carbocycles. The molecule has 0 spiro atoms. The Hall–Kier alpha value is -3.97. The Morgan fingerprint density at radius 3 is 2.47 bits per heavy atom. The fourth-order valence-electron chi connectivity index (χ4n) is 3.74. The van der Waals surface area contributed by atoms with Gasteiger partial charge in [0.15, 0.2) is 6.29 Å². The minimum absolute atomic E-state index is 0.0461. The Kier molecular flexibility index (Phi) is 7.04. The van der Waals surface area contributed by atoms with Gasteiger partial charge in [0.1, 0.15) is 23.6 Å². The van der Waals surface area contributed by atoms with Gasteiger partial charge >= 0.3 is 0 Å². The second-order valence-electron chi connectivity index (χ2n) is 7.89. The summed E-state index contributed by atoms with van der Waals surface area (Å²) >= 11 is 0. The largest absolute Gasteiger partial charge is 0.366 e. The topological polar surface area (TPSA) is 192 Å². The van der Waals surface area contributed by atoms with Crippen LogP contribution in [0.25, 0.3) is 11.4 Å². The molecule has 6 N–H and O–H groups in total. The van der Waals surface area contributed by atoms with E-state index in [-0.39, 0.29) is 23.6 Å². The Balaban J connectivity index is 1.61. The summed E-state index contributed by atoms with van der Waals surface area (Å²) in [5.41, 5.74) is 7.09. The smallest absolute Gasteiger partial charge is 0.254 e. The van der Waals surface area contributed by atoms with E-state index in [2.05, 4.69) is 35.6 Å². The number of nitrogens with zero attached hydrogens (tertiary/aromatic N) is 7. The lowest BCUT2D eigenvalue weighted by Crippen LogP contribution is -2.28. The molecule has 4 rings (SSSR count). The first-order valence-electron chi connectivity index (χ1n) is 10.9. The summed E-state index contributed by atoms with van der Waals surface area (Å²) in [5, 5.41) is 40.7. The summed E-state index contributed by atoms with van der Waals surface area (Å²) < 4.78 is 0. The summed E-state index contributed by atoms with van der Waals surface area (Å²) in [6.45, 7) is 1.43. The highest BCUT2D eigenvalue weighted by atomic mass is 16.5. The van der Waals surface area contributed by atoms with Crippen molar-refractivity contribution in [2.45, 2.75) is 38.5 Å². The monoisotopic (exact) mass is 466 g/mol. The number of nitrogens with two attached hydrogens (primary N) is 1. The SMILES string of the molecule is N=Cc1nc(N2CCCCCC2)nc(Nc2ccc(-c3nnn(CC(O)O)n3)cc2)c1C(N)=O. The lowest BCUT2D eigenvalue weighted by Gasteiger charge is -2.22. The molecule has 3 heterocycles. The van der Waals surface area contributed by atoms with Crippen LogP contribution in [0.15, 0.2) is 24.3 Å². The van der Waals surface area contributed by atoms with Crippen LogP contribution in [0.3, 0.4) is 0 Å². The number of benzene rings is 1. The van der Waals surface area contributed by atoms with Crippen molar-refractivity contribution in [3.8, 4) is 11.4 Å². The van der Waals surface area contributed by atoms with E-state index in [4.69, 9.17) is 21.4 Å². The Labute approximate surface area is 195 Å². The van der Waals surface area contributed by atoms with E-state index in [0.29, 0.717) is 23.0 Å². The molecule has 1 amide bonds. The van der Waals surface area contributed by atoms with E-state index in [9.17, 15) is 4.79 Å². The highest BCUT2D eigenvalue weighted by Crippen LogP contribution is 2.26. The minimum Gasteiger partial charge on any atom is -0.366 e. The maximum absolute atomic E-state index is 12.2. The molecule has 0 aliphatic carbocycles. The van der Waals surface area contributed by atoms with Crippen LogP contribution in [0.5, 0.6) is 0 Å². The van der Waals surface area contributed by atoms with Gasteiger partial charge in [-0.2, -0.15) is 9.78 Å². The zero-order valence-electron chi connectivity index (χ0n) is 18.4. The first-order valence-corrected chi connectivity index (χ1v) is 10.9. The molecule has 0 unspecified atom stereocenters. The molecule has 0 atom stereocenters. The van der Waals surface area contributed by atoms with E-state index in [0.717, 1.165) is 49.8 Å². The van der Waals surface area contributed by atoms with Crippen molar-refractivity contribution in [2.24, 2.45) is 5.73 Å². The van der Waals surface area contributed by atoms with Gasteiger partial charge in [0.05, 0.1) is 0 Å². The van der Waals surface area contributed by atoms with Crippen LogP contribution in [0.2, 0.25) is 0 Å². The Morgan fingerprint density at radius 1 is 1.15 bits per heavy atom. The summed E-state index contributed by atoms with van der Waals surface area (Å²) in [6, 6.07) is 6.99. The molecule has 2 aromatic heterocycles. The number of rotatable bonds is 8. The second-order valence-corrected chi connectivity index (χ2v) is 7.89. The highest BCUT2D eigenvalue weighted by molar-refractivity contribution is 6.04. The lowest BCUT2D eigenvalue weighted by atomic mass is 10.1. The van der Waals surface area contributed by atoms with Crippen LogP contribution >= 0.6 is 0 Å². The molecule has 0 bridgehead atoms. The Bertz CT molecular complexity index is 1150. The van der Waals surface area contributed by atoms with Gasteiger partial charge in [-0.05, 0) is 42.3 Å². The molecule has 0 saturated carbocycles. The quantitative estimate of drug-likeness (QED) is 0.233. The van der Waals surface area contributed by atoms with Crippen LogP contribution in [-0.4, -0.2) is 71.9 Å². The molecular formula is C21H26N10O3. The average Bonchev–Trinajstić information content (AvgIpc) is 3.10. The molecule has 0 radical (unpaired) electrons. The molecule has 1 aliphatic heterocycles. The number of hydrogen-bond acceptors (Lipinski definition) is 11. The zero-order valence-corrected chi connectivity index (χ0v) is 18.4. The number of hydrogen-bond donors (Lipinski definition) is 5. The Morgan fingerprint density at radius 2 is 1.85 bits per heavy atom. The number of nitrogens with one attached hydrogen (secondary N) is 2. The third-order valence-electron chi connectivity index (χ3n) is 5.38. The predicted molar refractivity (Wildman–Crippen MR) is 124 cm³/mol. The number of aliphatic hydroxyl groups is 2. The fraction of sp³-hybridized carbons (Fsp3) is 0.381. The lowest BCUT2D eigenvalue weighted by molar-refractivity contribution is -0.0563. The number of carbonyl (C=O) groups is 1. The molecule has 1 saturated heterocycles. The maximum Gasteiger partial charge on any atom is 0.254 e. The minimum atomic E-state index is -1.58. The van der Waals surface area contributed by atoms with Crippen molar-refractivity contribution in [2.75, 3.05) is 23.3 Å². The van der Waals surface area contributed by atoms with Crippen LogP contribution in [0.1, 0.15) is 41.7 Å². The van der Waals surface area contributed by atoms with E-state index in [1.807, 2.05) is 0 Å². The highest BCUT2D eigenvalue weighted by Gasteiger charge is 2.21. The number of aliphatic hydroxyl groups excluding tert-OH is 1. The number of primary amides is 1. The van der Waals surface area contributed by atoms with Gasteiger partial charge in [-0.15, -0.1) is 10.2 Å². The van der Waals surface area contributed by atoms with Gasteiger partial charge in [0.25, 0.3) is 5.91 Å². The fourth-order valence-corrected chi connectivity index (χ4v) is 3.74. The molecule has 3 aromatic rings. The van der Waals surface area contributed by atoms with Gasteiger partial charge in [-0.25, -0.2) is 4.98 Å². The predicted octanol–water partition coefficient (Wildman–Crippen LogP) is 0.661. The van der Waals surface area contributed by atoms with Gasteiger partial charge in [0, 0.05) is 30.6 Å². The van der Waals surface area contributed by atoms with E-state index >= 15 is 0 Å². The summed E-state index contributed by atoms with van der Waals surface area (Å²) in [4.78, 5) is 24.4. The van der Waals surface area contributed by atoms with E-state index < -0.39 is 12.2 Å². The molecule has 13 nitrogen and oxygen atoms in total. The molecule has 34 heavy (non-hydrogen) atoms. The van der Waals surface area contributed by atoms with Crippen molar-refractivity contribution in [1.29, 1.82) is 5.41 Å². The van der Waals surface area contributed by atoms with Gasteiger partial charge in [0.2, 0.25) is 11.8 Å². The zero-order chi connectivity index (χ0) is 24.1. The van der Waals surface area contributed by atoms with E-state index in [1.54, 1.807) is 24.3 Å². The van der Waals surface area contributed by atoms with E-state index in [1.165, 1.54) is 0 Å². The van der Waals surface area contributed by atoms with Crippen LogP contribution in [-0.2, 0) is 6.54 Å².